The van der Waals surface area contributed by atoms with E-state index in [0.29, 0.717) is 5.92 Å². The third-order valence-corrected chi connectivity index (χ3v) is 11.2. The van der Waals surface area contributed by atoms with Crippen LogP contribution in [-0.4, -0.2) is 26.4 Å². The Morgan fingerprint density at radius 2 is 1.20 bits per heavy atom. The molecule has 0 aliphatic rings. The van der Waals surface area contributed by atoms with Crippen LogP contribution in [0.25, 0.3) is 0 Å². The Labute approximate surface area is 186 Å². The molecule has 0 fully saturated rings. The summed E-state index contributed by atoms with van der Waals surface area (Å²) < 4.78 is 6.70. The molecule has 166 valence electrons. The molecule has 0 heterocycles. The molecule has 0 saturated carbocycles. The number of nitrogens with zero attached hydrogens (tertiary/aromatic N) is 1. The van der Waals surface area contributed by atoms with Crippen LogP contribution < -0.4 is 0 Å². The smallest absolute Gasteiger partial charge is 0.191 e. The van der Waals surface area contributed by atoms with Gasteiger partial charge >= 0.3 is 0 Å². The molecule has 2 nitrogen and oxygen atoms in total. The Balaban J connectivity index is 2.19. The van der Waals surface area contributed by atoms with E-state index in [2.05, 4.69) is 120 Å². The summed E-state index contributed by atoms with van der Waals surface area (Å²) >= 11 is 0. The Hall–Kier alpha value is -1.42. The maximum Gasteiger partial charge on any atom is 0.191 e. The quantitative estimate of drug-likeness (QED) is 0.389. The molecule has 2 aromatic carbocycles. The SMILES string of the molecule is CC(C)(C)[C@H](CO[Si](C)(C)C(C)(C)C)CN(Cc1ccccc1)Cc1ccccc1. The maximum atomic E-state index is 6.70. The predicted octanol–water partition coefficient (Wildman–Crippen LogP) is 7.37. The average molecular weight is 426 g/mol. The summed E-state index contributed by atoms with van der Waals surface area (Å²) in [4.78, 5) is 2.59. The molecule has 0 aromatic heterocycles. The first-order chi connectivity index (χ1) is 13.9. The molecule has 30 heavy (non-hydrogen) atoms. The first-order valence-electron chi connectivity index (χ1n) is 11.3. The van der Waals surface area contributed by atoms with Crippen molar-refractivity contribution < 1.29 is 4.43 Å². The van der Waals surface area contributed by atoms with E-state index in [1.165, 1.54) is 11.1 Å². The molecule has 2 aromatic rings. The van der Waals surface area contributed by atoms with Crippen LogP contribution in [0.3, 0.4) is 0 Å². The van der Waals surface area contributed by atoms with Crippen molar-refractivity contribution in [2.24, 2.45) is 11.3 Å². The van der Waals surface area contributed by atoms with Crippen LogP contribution in [0.5, 0.6) is 0 Å². The zero-order valence-corrected chi connectivity index (χ0v) is 21.5. The van der Waals surface area contributed by atoms with Gasteiger partial charge in [-0.2, -0.15) is 0 Å². The summed E-state index contributed by atoms with van der Waals surface area (Å²) in [5.41, 5.74) is 2.92. The molecular formula is C27H43NOSi. The Bertz CT molecular complexity index is 702. The lowest BCUT2D eigenvalue weighted by Gasteiger charge is -2.41. The highest BCUT2D eigenvalue weighted by Gasteiger charge is 2.39. The lowest BCUT2D eigenvalue weighted by atomic mass is 9.81. The van der Waals surface area contributed by atoms with Crippen molar-refractivity contribution in [1.82, 2.24) is 4.90 Å². The minimum atomic E-state index is -1.76. The zero-order valence-electron chi connectivity index (χ0n) is 20.5. The van der Waals surface area contributed by atoms with Gasteiger partial charge in [0.15, 0.2) is 8.32 Å². The van der Waals surface area contributed by atoms with Gasteiger partial charge in [0.2, 0.25) is 0 Å². The Morgan fingerprint density at radius 3 is 1.57 bits per heavy atom. The van der Waals surface area contributed by atoms with Gasteiger partial charge in [0.05, 0.1) is 0 Å². The van der Waals surface area contributed by atoms with Crippen LogP contribution in [0.1, 0.15) is 52.7 Å². The molecule has 0 aliphatic carbocycles. The lowest BCUT2D eigenvalue weighted by Crippen LogP contribution is -2.45. The highest BCUT2D eigenvalue weighted by Crippen LogP contribution is 2.38. The van der Waals surface area contributed by atoms with Crippen molar-refractivity contribution in [3.05, 3.63) is 71.8 Å². The second-order valence-electron chi connectivity index (χ2n) is 11.3. The van der Waals surface area contributed by atoms with E-state index in [4.69, 9.17) is 4.43 Å². The summed E-state index contributed by atoms with van der Waals surface area (Å²) in [6.45, 7) is 22.5. The molecule has 0 spiro atoms. The fourth-order valence-electron chi connectivity index (χ4n) is 3.28. The Kier molecular flexibility index (Phi) is 8.49. The van der Waals surface area contributed by atoms with Gasteiger partial charge in [-0.15, -0.1) is 0 Å². The van der Waals surface area contributed by atoms with Crippen LogP contribution in [0, 0.1) is 11.3 Å². The second kappa shape index (κ2) is 10.3. The van der Waals surface area contributed by atoms with E-state index in [1.54, 1.807) is 0 Å². The summed E-state index contributed by atoms with van der Waals surface area (Å²) in [6, 6.07) is 21.7. The number of hydrogen-bond acceptors (Lipinski definition) is 2. The van der Waals surface area contributed by atoms with Crippen LogP contribution in [0.15, 0.2) is 60.7 Å². The minimum absolute atomic E-state index is 0.188. The van der Waals surface area contributed by atoms with E-state index in [0.717, 1.165) is 26.2 Å². The van der Waals surface area contributed by atoms with E-state index < -0.39 is 8.32 Å². The monoisotopic (exact) mass is 425 g/mol. The van der Waals surface area contributed by atoms with Gasteiger partial charge in [-0.25, -0.2) is 0 Å². The first-order valence-corrected chi connectivity index (χ1v) is 14.2. The number of benzene rings is 2. The molecule has 0 unspecified atom stereocenters. The third kappa shape index (κ3) is 7.68. The summed E-state index contributed by atoms with van der Waals surface area (Å²) in [6.07, 6.45) is 0. The largest absolute Gasteiger partial charge is 0.416 e. The predicted molar refractivity (Wildman–Crippen MR) is 133 cm³/mol. The summed E-state index contributed by atoms with van der Waals surface area (Å²) in [5.74, 6) is 0.471. The van der Waals surface area contributed by atoms with Gasteiger partial charge in [0.25, 0.3) is 0 Å². The molecular weight excluding hydrogens is 382 g/mol. The van der Waals surface area contributed by atoms with Crippen molar-refractivity contribution in [2.75, 3.05) is 13.2 Å². The highest BCUT2D eigenvalue weighted by atomic mass is 28.4. The van der Waals surface area contributed by atoms with Gasteiger partial charge < -0.3 is 4.43 Å². The fourth-order valence-corrected chi connectivity index (χ4v) is 4.33. The third-order valence-electron chi connectivity index (χ3n) is 6.65. The van der Waals surface area contributed by atoms with E-state index in [9.17, 15) is 0 Å². The molecule has 0 N–H and O–H groups in total. The molecule has 3 heteroatoms. The Morgan fingerprint density at radius 1 is 0.767 bits per heavy atom. The molecule has 0 amide bonds. The van der Waals surface area contributed by atoms with Crippen LogP contribution >= 0.6 is 0 Å². The summed E-state index contributed by atoms with van der Waals surface area (Å²) in [7, 11) is -1.76. The highest BCUT2D eigenvalue weighted by molar-refractivity contribution is 6.74. The molecule has 0 bridgehead atoms. The van der Waals surface area contributed by atoms with E-state index >= 15 is 0 Å². The van der Waals surface area contributed by atoms with Crippen molar-refractivity contribution in [2.45, 2.75) is 72.8 Å². The summed E-state index contributed by atoms with van der Waals surface area (Å²) in [5, 5.41) is 0.239. The van der Waals surface area contributed by atoms with Crippen molar-refractivity contribution in [3.8, 4) is 0 Å². The van der Waals surface area contributed by atoms with Gasteiger partial charge in [0, 0.05) is 26.2 Å². The maximum absolute atomic E-state index is 6.70. The first kappa shape index (κ1) is 24.8. The van der Waals surface area contributed by atoms with E-state index in [-0.39, 0.29) is 10.5 Å². The van der Waals surface area contributed by atoms with Crippen LogP contribution in [0.4, 0.5) is 0 Å². The van der Waals surface area contributed by atoms with Crippen molar-refractivity contribution >= 4 is 8.32 Å². The lowest BCUT2D eigenvalue weighted by molar-refractivity contribution is 0.0845. The normalized spacial score (nSPS) is 14.2. The molecule has 2 rings (SSSR count). The standard InChI is InChI=1S/C27H43NOSi/c1-26(2,3)25(22-29-30(7,8)27(4,5)6)21-28(19-23-15-11-9-12-16-23)20-24-17-13-10-14-18-24/h9-18,25H,19-22H2,1-8H3/t25-/m0/s1. The zero-order chi connectivity index (χ0) is 22.4. The average Bonchev–Trinajstić information content (AvgIpc) is 2.65. The van der Waals surface area contributed by atoms with E-state index in [1.807, 2.05) is 0 Å². The topological polar surface area (TPSA) is 12.5 Å². The number of hydrogen-bond donors (Lipinski definition) is 0. The molecule has 0 aliphatic heterocycles. The number of rotatable bonds is 9. The minimum Gasteiger partial charge on any atom is -0.416 e. The van der Waals surface area contributed by atoms with Gasteiger partial charge in [-0.05, 0) is 40.6 Å². The fraction of sp³-hybridized carbons (Fsp3) is 0.556. The molecule has 0 saturated heterocycles. The second-order valence-corrected chi connectivity index (χ2v) is 16.1. The van der Waals surface area contributed by atoms with Crippen LogP contribution in [-0.2, 0) is 17.5 Å². The molecule has 0 radical (unpaired) electrons. The van der Waals surface area contributed by atoms with Crippen LogP contribution in [0.2, 0.25) is 18.1 Å². The van der Waals surface area contributed by atoms with Gasteiger partial charge in [0.1, 0.15) is 0 Å². The van der Waals surface area contributed by atoms with Gasteiger partial charge in [-0.3, -0.25) is 4.90 Å². The van der Waals surface area contributed by atoms with Gasteiger partial charge in [-0.1, -0.05) is 102 Å². The molecule has 1 atom stereocenters. The van der Waals surface area contributed by atoms with Crippen molar-refractivity contribution in [1.29, 1.82) is 0 Å². The van der Waals surface area contributed by atoms with Crippen molar-refractivity contribution in [3.63, 3.8) is 0 Å².